The molecule has 0 spiro atoms. The monoisotopic (exact) mass is 638 g/mol. The first kappa shape index (κ1) is 31.0. The number of nitro benzene ring substituents is 2. The lowest BCUT2D eigenvalue weighted by Crippen LogP contribution is -2.39. The summed E-state index contributed by atoms with van der Waals surface area (Å²) in [6.45, 7) is 0. The molecule has 0 aliphatic carbocycles. The number of carbonyl (C=O) groups excluding carboxylic acids is 1. The van der Waals surface area contributed by atoms with E-state index in [4.69, 9.17) is 0 Å². The standard InChI is InChI=1S/C37H26N4O7/c42-35-23-27(40(45)46)19-21-33(35)39(34-22-20-28(41(47)48)24-36(34)43)37(44)38(31-17-9-7-15-29(31)25-11-3-1-4-12-25)32-18-10-8-16-30(32)26-13-5-2-6-14-26/h1-24,42-43H. The minimum Gasteiger partial charge on any atom is -0.505 e. The maximum atomic E-state index is 15.3. The van der Waals surface area contributed by atoms with E-state index < -0.39 is 38.8 Å². The number of rotatable bonds is 8. The number of hydrogen-bond acceptors (Lipinski definition) is 7. The Hall–Kier alpha value is -7.01. The second-order valence-corrected chi connectivity index (χ2v) is 10.6. The number of anilines is 4. The molecule has 0 heterocycles. The Morgan fingerprint density at radius 3 is 1.21 bits per heavy atom. The van der Waals surface area contributed by atoms with E-state index in [0.29, 0.717) is 22.5 Å². The molecule has 0 unspecified atom stereocenters. The number of aromatic hydroxyl groups is 2. The van der Waals surface area contributed by atoms with E-state index in [-0.39, 0.29) is 11.4 Å². The van der Waals surface area contributed by atoms with Crippen LogP contribution in [0.4, 0.5) is 38.9 Å². The van der Waals surface area contributed by atoms with Gasteiger partial charge in [0.15, 0.2) is 0 Å². The van der Waals surface area contributed by atoms with E-state index >= 15 is 4.79 Å². The number of hydrogen-bond donors (Lipinski definition) is 2. The summed E-state index contributed by atoms with van der Waals surface area (Å²) in [4.78, 5) is 39.4. The third-order valence-electron chi connectivity index (χ3n) is 7.66. The van der Waals surface area contributed by atoms with Crippen molar-refractivity contribution in [1.82, 2.24) is 0 Å². The smallest absolute Gasteiger partial charge is 0.338 e. The molecule has 2 amide bonds. The maximum absolute atomic E-state index is 15.3. The lowest BCUT2D eigenvalue weighted by Gasteiger charge is -2.33. The van der Waals surface area contributed by atoms with Crippen LogP contribution >= 0.6 is 0 Å². The number of carbonyl (C=O) groups is 1. The summed E-state index contributed by atoms with van der Waals surface area (Å²) in [6, 6.07) is 38.8. The molecule has 48 heavy (non-hydrogen) atoms. The van der Waals surface area contributed by atoms with Crippen LogP contribution in [0.5, 0.6) is 11.5 Å². The maximum Gasteiger partial charge on any atom is 0.338 e. The van der Waals surface area contributed by atoms with Crippen LogP contribution in [0.2, 0.25) is 0 Å². The second-order valence-electron chi connectivity index (χ2n) is 10.6. The van der Waals surface area contributed by atoms with Crippen molar-refractivity contribution in [2.24, 2.45) is 0 Å². The molecule has 0 bridgehead atoms. The van der Waals surface area contributed by atoms with Crippen molar-refractivity contribution in [1.29, 1.82) is 0 Å². The van der Waals surface area contributed by atoms with Gasteiger partial charge in [0.25, 0.3) is 11.4 Å². The number of urea groups is 1. The SMILES string of the molecule is O=C(N(c1ccc([N+](=O)[O-])cc1O)c1ccc([N+](=O)[O-])cc1O)N(c1ccccc1-c1ccccc1)c1ccccc1-c1ccccc1. The minimum atomic E-state index is -0.810. The van der Waals surface area contributed by atoms with Gasteiger partial charge in [-0.15, -0.1) is 0 Å². The molecule has 0 aliphatic rings. The summed E-state index contributed by atoms with van der Waals surface area (Å²) in [6.07, 6.45) is 0. The van der Waals surface area contributed by atoms with Crippen LogP contribution in [0.15, 0.2) is 146 Å². The van der Waals surface area contributed by atoms with Crippen molar-refractivity contribution in [3.8, 4) is 33.8 Å². The highest BCUT2D eigenvalue weighted by molar-refractivity contribution is 6.16. The molecule has 0 fully saturated rings. The minimum absolute atomic E-state index is 0.214. The summed E-state index contributed by atoms with van der Waals surface area (Å²) in [5, 5.41) is 45.3. The van der Waals surface area contributed by atoms with Crippen LogP contribution in [0.3, 0.4) is 0 Å². The molecule has 2 N–H and O–H groups in total. The highest BCUT2D eigenvalue weighted by Gasteiger charge is 2.33. The van der Waals surface area contributed by atoms with Gasteiger partial charge in [-0.2, -0.15) is 0 Å². The van der Waals surface area contributed by atoms with Crippen molar-refractivity contribution >= 4 is 40.2 Å². The quantitative estimate of drug-likeness (QED) is 0.124. The lowest BCUT2D eigenvalue weighted by molar-refractivity contribution is -0.385. The van der Waals surface area contributed by atoms with Gasteiger partial charge in [0, 0.05) is 23.3 Å². The molecule has 0 atom stereocenters. The number of phenols is 2. The summed E-state index contributed by atoms with van der Waals surface area (Å²) in [5.41, 5.74) is 2.52. The van der Waals surface area contributed by atoms with Gasteiger partial charge in [-0.1, -0.05) is 97.1 Å². The van der Waals surface area contributed by atoms with Crippen molar-refractivity contribution < 1.29 is 24.9 Å². The van der Waals surface area contributed by atoms with E-state index in [2.05, 4.69) is 0 Å². The lowest BCUT2D eigenvalue weighted by atomic mass is 9.99. The average molecular weight is 639 g/mol. The Balaban J connectivity index is 1.66. The Morgan fingerprint density at radius 1 is 0.479 bits per heavy atom. The van der Waals surface area contributed by atoms with Gasteiger partial charge in [-0.3, -0.25) is 30.0 Å². The summed E-state index contributed by atoms with van der Waals surface area (Å²) < 4.78 is 0. The molecule has 0 radical (unpaired) electrons. The third kappa shape index (κ3) is 5.98. The molecular weight excluding hydrogens is 612 g/mol. The van der Waals surface area contributed by atoms with E-state index in [0.717, 1.165) is 40.3 Å². The van der Waals surface area contributed by atoms with Gasteiger partial charge in [0.05, 0.1) is 44.7 Å². The molecule has 11 nitrogen and oxygen atoms in total. The number of phenolic OH excluding ortho intramolecular Hbond substituents is 2. The summed E-state index contributed by atoms with van der Waals surface area (Å²) >= 11 is 0. The van der Waals surface area contributed by atoms with Gasteiger partial charge in [-0.05, 0) is 35.4 Å². The topological polar surface area (TPSA) is 150 Å². The van der Waals surface area contributed by atoms with Gasteiger partial charge < -0.3 is 10.2 Å². The fraction of sp³-hybridized carbons (Fsp3) is 0. The molecule has 11 heteroatoms. The normalized spacial score (nSPS) is 10.7. The first-order valence-corrected chi connectivity index (χ1v) is 14.6. The fourth-order valence-electron chi connectivity index (χ4n) is 5.46. The zero-order chi connectivity index (χ0) is 33.8. The van der Waals surface area contributed by atoms with Crippen molar-refractivity contribution in [2.75, 3.05) is 9.80 Å². The Kier molecular flexibility index (Phi) is 8.49. The molecule has 0 aromatic heterocycles. The molecule has 0 saturated carbocycles. The number of nitrogens with zero attached hydrogens (tertiary/aromatic N) is 4. The average Bonchev–Trinajstić information content (AvgIpc) is 3.11. The van der Waals surface area contributed by atoms with Gasteiger partial charge in [0.1, 0.15) is 11.5 Å². The third-order valence-corrected chi connectivity index (χ3v) is 7.66. The zero-order valence-corrected chi connectivity index (χ0v) is 25.1. The number of nitro groups is 2. The van der Waals surface area contributed by atoms with Gasteiger partial charge in [0.2, 0.25) is 0 Å². The molecular formula is C37H26N4O7. The van der Waals surface area contributed by atoms with Crippen LogP contribution < -0.4 is 9.80 Å². The second kappa shape index (κ2) is 13.2. The van der Waals surface area contributed by atoms with Crippen LogP contribution in [0, 0.1) is 20.2 Å². The van der Waals surface area contributed by atoms with E-state index in [1.807, 2.05) is 84.9 Å². The van der Waals surface area contributed by atoms with E-state index in [9.17, 15) is 30.4 Å². The zero-order valence-electron chi connectivity index (χ0n) is 25.1. The van der Waals surface area contributed by atoms with Gasteiger partial charge in [-0.25, -0.2) is 4.79 Å². The highest BCUT2D eigenvalue weighted by Crippen LogP contribution is 2.46. The fourth-order valence-corrected chi connectivity index (χ4v) is 5.46. The first-order chi connectivity index (χ1) is 23.2. The molecule has 6 aromatic rings. The summed E-state index contributed by atoms with van der Waals surface area (Å²) in [7, 11) is 0. The first-order valence-electron chi connectivity index (χ1n) is 14.6. The predicted octanol–water partition coefficient (Wildman–Crippen LogP) is 9.34. The van der Waals surface area contributed by atoms with Crippen molar-refractivity contribution in [3.05, 3.63) is 166 Å². The molecule has 0 saturated heterocycles. The molecule has 6 aromatic carbocycles. The Bertz CT molecular complexity index is 2010. The number of non-ortho nitro benzene ring substituents is 2. The van der Waals surface area contributed by atoms with Crippen LogP contribution in [-0.4, -0.2) is 26.1 Å². The van der Waals surface area contributed by atoms with Crippen molar-refractivity contribution in [3.63, 3.8) is 0 Å². The Labute approximate surface area is 274 Å². The van der Waals surface area contributed by atoms with E-state index in [1.54, 1.807) is 24.3 Å². The van der Waals surface area contributed by atoms with Crippen LogP contribution in [0.1, 0.15) is 0 Å². The predicted molar refractivity (Wildman–Crippen MR) is 183 cm³/mol. The van der Waals surface area contributed by atoms with E-state index in [1.165, 1.54) is 17.0 Å². The number of amides is 2. The molecule has 6 rings (SSSR count). The number of para-hydroxylation sites is 2. The molecule has 236 valence electrons. The molecule has 0 aliphatic heterocycles. The Morgan fingerprint density at radius 2 is 0.833 bits per heavy atom. The largest absolute Gasteiger partial charge is 0.505 e. The van der Waals surface area contributed by atoms with Crippen LogP contribution in [-0.2, 0) is 0 Å². The highest BCUT2D eigenvalue weighted by atomic mass is 16.6. The summed E-state index contributed by atoms with van der Waals surface area (Å²) in [5.74, 6) is -1.27. The number of benzene rings is 6. The van der Waals surface area contributed by atoms with Crippen LogP contribution in [0.25, 0.3) is 22.3 Å². The van der Waals surface area contributed by atoms with Gasteiger partial charge >= 0.3 is 6.03 Å². The van der Waals surface area contributed by atoms with Crippen molar-refractivity contribution in [2.45, 2.75) is 0 Å².